The van der Waals surface area contributed by atoms with E-state index >= 15 is 0 Å². The number of rotatable bonds is 6. The highest BCUT2D eigenvalue weighted by Crippen LogP contribution is 2.21. The SMILES string of the molecule is C/C(=N/NC(=O)CN(c1cccc(Cl)c1)S(C)(=O)=O)c1ccc(I)cc1. The van der Waals surface area contributed by atoms with Crippen molar-refractivity contribution in [2.45, 2.75) is 6.92 Å². The number of amides is 1. The normalized spacial score (nSPS) is 11.9. The largest absolute Gasteiger partial charge is 0.271 e. The van der Waals surface area contributed by atoms with Gasteiger partial charge in [0.25, 0.3) is 5.91 Å². The van der Waals surface area contributed by atoms with Crippen LogP contribution in [0.2, 0.25) is 5.02 Å². The number of anilines is 1. The number of nitrogens with zero attached hydrogens (tertiary/aromatic N) is 2. The Labute approximate surface area is 171 Å². The van der Waals surface area contributed by atoms with Crippen molar-refractivity contribution in [3.05, 3.63) is 62.7 Å². The summed E-state index contributed by atoms with van der Waals surface area (Å²) in [5.74, 6) is -0.555. The molecule has 0 atom stereocenters. The van der Waals surface area contributed by atoms with Crippen LogP contribution in [0.25, 0.3) is 0 Å². The monoisotopic (exact) mass is 505 g/mol. The van der Waals surface area contributed by atoms with Crippen molar-refractivity contribution >= 4 is 61.5 Å². The molecule has 26 heavy (non-hydrogen) atoms. The molecule has 0 fully saturated rings. The van der Waals surface area contributed by atoms with Crippen LogP contribution in [0.1, 0.15) is 12.5 Å². The number of benzene rings is 2. The first-order chi connectivity index (χ1) is 12.2. The number of nitrogens with one attached hydrogen (secondary N) is 1. The summed E-state index contributed by atoms with van der Waals surface area (Å²) in [6.45, 7) is 1.36. The summed E-state index contributed by atoms with van der Waals surface area (Å²) in [7, 11) is -3.66. The molecule has 9 heteroatoms. The molecule has 2 rings (SSSR count). The number of sulfonamides is 1. The number of carbonyl (C=O) groups excluding carboxylic acids is 1. The number of hydrazone groups is 1. The molecule has 0 saturated heterocycles. The molecular weight excluding hydrogens is 489 g/mol. The van der Waals surface area contributed by atoms with Gasteiger partial charge in [-0.3, -0.25) is 9.10 Å². The Morgan fingerprint density at radius 3 is 2.46 bits per heavy atom. The van der Waals surface area contributed by atoms with E-state index in [1.165, 1.54) is 6.07 Å². The average molecular weight is 506 g/mol. The predicted molar refractivity (Wildman–Crippen MR) is 113 cm³/mol. The van der Waals surface area contributed by atoms with Gasteiger partial charge < -0.3 is 0 Å². The Kier molecular flexibility index (Phi) is 7.01. The predicted octanol–water partition coefficient (Wildman–Crippen LogP) is 3.25. The standard InChI is InChI=1S/C17H17ClIN3O3S/c1-12(13-6-8-15(19)9-7-13)20-21-17(23)11-22(26(2,24)25)16-5-3-4-14(18)10-16/h3-10H,11H2,1-2H3,(H,21,23)/b20-12-. The third-order valence-corrected chi connectivity index (χ3v) is 5.49. The van der Waals surface area contributed by atoms with Gasteiger partial charge in [-0.2, -0.15) is 5.10 Å². The van der Waals surface area contributed by atoms with E-state index in [-0.39, 0.29) is 0 Å². The minimum Gasteiger partial charge on any atom is -0.271 e. The lowest BCUT2D eigenvalue weighted by atomic mass is 10.1. The van der Waals surface area contributed by atoms with Crippen LogP contribution in [0.3, 0.4) is 0 Å². The second-order valence-electron chi connectivity index (χ2n) is 5.49. The molecule has 0 aliphatic carbocycles. The third kappa shape index (κ3) is 5.96. The van der Waals surface area contributed by atoms with Crippen molar-refractivity contribution in [2.75, 3.05) is 17.1 Å². The highest BCUT2D eigenvalue weighted by Gasteiger charge is 2.21. The van der Waals surface area contributed by atoms with Gasteiger partial charge in [0.2, 0.25) is 10.0 Å². The van der Waals surface area contributed by atoms with Crippen LogP contribution in [0.4, 0.5) is 5.69 Å². The Hall–Kier alpha value is -1.65. The quantitative estimate of drug-likeness (QED) is 0.372. The number of hydrogen-bond donors (Lipinski definition) is 1. The first-order valence-corrected chi connectivity index (χ1v) is 10.8. The molecule has 0 bridgehead atoms. The van der Waals surface area contributed by atoms with Crippen LogP contribution in [0.5, 0.6) is 0 Å². The second kappa shape index (κ2) is 8.83. The minimum absolute atomic E-state index is 0.313. The van der Waals surface area contributed by atoms with Crippen LogP contribution in [-0.4, -0.2) is 32.8 Å². The van der Waals surface area contributed by atoms with Gasteiger partial charge in [0.05, 0.1) is 17.7 Å². The Morgan fingerprint density at radius 1 is 1.23 bits per heavy atom. The van der Waals surface area contributed by atoms with Crippen molar-refractivity contribution in [3.8, 4) is 0 Å². The Morgan fingerprint density at radius 2 is 1.88 bits per heavy atom. The maximum atomic E-state index is 12.2. The van der Waals surface area contributed by atoms with E-state index in [9.17, 15) is 13.2 Å². The van der Waals surface area contributed by atoms with Crippen LogP contribution < -0.4 is 9.73 Å². The van der Waals surface area contributed by atoms with Gasteiger partial charge >= 0.3 is 0 Å². The second-order valence-corrected chi connectivity index (χ2v) is 9.08. The van der Waals surface area contributed by atoms with E-state index in [1.54, 1.807) is 25.1 Å². The summed E-state index contributed by atoms with van der Waals surface area (Å²) >= 11 is 8.11. The highest BCUT2D eigenvalue weighted by molar-refractivity contribution is 14.1. The van der Waals surface area contributed by atoms with Crippen molar-refractivity contribution in [2.24, 2.45) is 5.10 Å². The maximum Gasteiger partial charge on any atom is 0.260 e. The van der Waals surface area contributed by atoms with E-state index in [2.05, 4.69) is 33.1 Å². The summed E-state index contributed by atoms with van der Waals surface area (Å²) in [6.07, 6.45) is 1.03. The van der Waals surface area contributed by atoms with E-state index in [4.69, 9.17) is 11.6 Å². The van der Waals surface area contributed by atoms with Crippen molar-refractivity contribution in [1.29, 1.82) is 0 Å². The van der Waals surface area contributed by atoms with Gasteiger partial charge in [-0.1, -0.05) is 29.8 Å². The Balaban J connectivity index is 2.12. The summed E-state index contributed by atoms with van der Waals surface area (Å²) in [5.41, 5.74) is 4.18. The molecule has 0 heterocycles. The smallest absolute Gasteiger partial charge is 0.260 e. The zero-order valence-electron chi connectivity index (χ0n) is 14.1. The van der Waals surface area contributed by atoms with E-state index in [0.29, 0.717) is 16.4 Å². The first kappa shape index (κ1) is 20.7. The zero-order chi connectivity index (χ0) is 19.3. The van der Waals surface area contributed by atoms with Crippen molar-refractivity contribution in [1.82, 2.24) is 5.43 Å². The molecule has 2 aromatic rings. The lowest BCUT2D eigenvalue weighted by Crippen LogP contribution is -2.39. The fourth-order valence-electron chi connectivity index (χ4n) is 2.10. The minimum atomic E-state index is -3.66. The summed E-state index contributed by atoms with van der Waals surface area (Å²) in [4.78, 5) is 12.2. The summed E-state index contributed by atoms with van der Waals surface area (Å²) < 4.78 is 26.1. The fourth-order valence-corrected chi connectivity index (χ4v) is 3.49. The molecule has 138 valence electrons. The molecule has 6 nitrogen and oxygen atoms in total. The Bertz CT molecular complexity index is 931. The van der Waals surface area contributed by atoms with E-state index in [0.717, 1.165) is 19.7 Å². The van der Waals surface area contributed by atoms with Crippen LogP contribution in [0, 0.1) is 3.57 Å². The fraction of sp³-hybridized carbons (Fsp3) is 0.176. The lowest BCUT2D eigenvalue weighted by Gasteiger charge is -2.21. The third-order valence-electron chi connectivity index (χ3n) is 3.39. The van der Waals surface area contributed by atoms with Gasteiger partial charge in [0.1, 0.15) is 6.54 Å². The van der Waals surface area contributed by atoms with Crippen LogP contribution >= 0.6 is 34.2 Å². The van der Waals surface area contributed by atoms with E-state index in [1.807, 2.05) is 24.3 Å². The van der Waals surface area contributed by atoms with E-state index < -0.39 is 22.5 Å². The van der Waals surface area contributed by atoms with Gasteiger partial charge in [0.15, 0.2) is 0 Å². The first-order valence-electron chi connectivity index (χ1n) is 7.49. The van der Waals surface area contributed by atoms with Gasteiger partial charge in [-0.25, -0.2) is 13.8 Å². The molecule has 0 aromatic heterocycles. The maximum absolute atomic E-state index is 12.2. The summed E-state index contributed by atoms with van der Waals surface area (Å²) in [6, 6.07) is 13.9. The molecule has 0 unspecified atom stereocenters. The molecule has 0 aliphatic heterocycles. The van der Waals surface area contributed by atoms with Gasteiger partial charge in [-0.15, -0.1) is 0 Å². The molecule has 0 aliphatic rings. The van der Waals surface area contributed by atoms with Crippen molar-refractivity contribution in [3.63, 3.8) is 0 Å². The zero-order valence-corrected chi connectivity index (χ0v) is 17.8. The number of carbonyl (C=O) groups is 1. The van der Waals surface area contributed by atoms with Crippen LogP contribution in [0.15, 0.2) is 53.6 Å². The molecule has 2 aromatic carbocycles. The molecule has 0 saturated carbocycles. The molecule has 0 radical (unpaired) electrons. The highest BCUT2D eigenvalue weighted by atomic mass is 127. The average Bonchev–Trinajstić information content (AvgIpc) is 2.57. The molecule has 0 spiro atoms. The number of hydrogen-bond acceptors (Lipinski definition) is 4. The lowest BCUT2D eigenvalue weighted by molar-refractivity contribution is -0.119. The molecule has 1 amide bonds. The molecule has 1 N–H and O–H groups in total. The van der Waals surface area contributed by atoms with Gasteiger partial charge in [0, 0.05) is 8.59 Å². The molecular formula is C17H17ClIN3O3S. The summed E-state index contributed by atoms with van der Waals surface area (Å²) in [5, 5.41) is 4.42. The van der Waals surface area contributed by atoms with Crippen LogP contribution in [-0.2, 0) is 14.8 Å². The number of halogens is 2. The van der Waals surface area contributed by atoms with Crippen molar-refractivity contribution < 1.29 is 13.2 Å². The topological polar surface area (TPSA) is 78.8 Å². The van der Waals surface area contributed by atoms with Gasteiger partial charge in [-0.05, 0) is 65.4 Å².